The van der Waals surface area contributed by atoms with Crippen LogP contribution in [0.1, 0.15) is 47.9 Å². The Labute approximate surface area is 144 Å². The van der Waals surface area contributed by atoms with E-state index in [1.54, 1.807) is 17.3 Å². The number of ether oxygens (including phenoxy) is 1. The molecule has 8 heteroatoms. The lowest BCUT2D eigenvalue weighted by Crippen LogP contribution is -2.42. The number of aromatic nitrogens is 5. The summed E-state index contributed by atoms with van der Waals surface area (Å²) in [5.74, 6) is 1.65. The van der Waals surface area contributed by atoms with Crippen molar-refractivity contribution in [3.05, 3.63) is 41.7 Å². The van der Waals surface area contributed by atoms with Gasteiger partial charge in [-0.25, -0.2) is 9.97 Å². The maximum Gasteiger partial charge on any atom is 0.254 e. The van der Waals surface area contributed by atoms with E-state index in [1.807, 2.05) is 26.0 Å². The Morgan fingerprint density at radius 1 is 1.40 bits per heavy atom. The molecule has 2 N–H and O–H groups in total. The van der Waals surface area contributed by atoms with Crippen molar-refractivity contribution in [2.75, 3.05) is 19.7 Å². The zero-order chi connectivity index (χ0) is 17.4. The van der Waals surface area contributed by atoms with Crippen LogP contribution in [0.5, 0.6) is 0 Å². The molecule has 1 amide bonds. The number of nitrogens with zero attached hydrogens (tertiary/aromatic N) is 4. The Morgan fingerprint density at radius 3 is 3.08 bits per heavy atom. The lowest BCUT2D eigenvalue weighted by Gasteiger charge is -2.32. The maximum atomic E-state index is 12.8. The minimum atomic E-state index is -0.284. The molecule has 0 radical (unpaired) electrons. The Morgan fingerprint density at radius 2 is 2.28 bits per heavy atom. The first kappa shape index (κ1) is 15.8. The van der Waals surface area contributed by atoms with Gasteiger partial charge < -0.3 is 14.6 Å². The Balaban J connectivity index is 1.52. The number of morpholine rings is 1. The summed E-state index contributed by atoms with van der Waals surface area (Å²) < 4.78 is 5.79. The number of H-pyrrole nitrogens is 2. The largest absolute Gasteiger partial charge is 0.367 e. The van der Waals surface area contributed by atoms with Crippen molar-refractivity contribution in [1.82, 2.24) is 30.0 Å². The molecule has 8 nitrogen and oxygen atoms in total. The molecular formula is C17H20N6O2. The third kappa shape index (κ3) is 3.00. The van der Waals surface area contributed by atoms with Crippen LogP contribution in [0.2, 0.25) is 0 Å². The lowest BCUT2D eigenvalue weighted by molar-refractivity contribution is -0.0266. The van der Waals surface area contributed by atoms with E-state index in [0.29, 0.717) is 31.1 Å². The summed E-state index contributed by atoms with van der Waals surface area (Å²) >= 11 is 0. The van der Waals surface area contributed by atoms with E-state index in [9.17, 15) is 4.79 Å². The quantitative estimate of drug-likeness (QED) is 0.760. The van der Waals surface area contributed by atoms with E-state index < -0.39 is 0 Å². The first-order valence-electron chi connectivity index (χ1n) is 8.38. The van der Waals surface area contributed by atoms with Crippen LogP contribution in [0.15, 0.2) is 24.5 Å². The number of benzene rings is 1. The third-order valence-electron chi connectivity index (χ3n) is 4.36. The van der Waals surface area contributed by atoms with Crippen LogP contribution < -0.4 is 0 Å². The fraction of sp³-hybridized carbons (Fsp3) is 0.412. The van der Waals surface area contributed by atoms with Gasteiger partial charge in [-0.15, -0.1) is 0 Å². The molecular weight excluding hydrogens is 320 g/mol. The van der Waals surface area contributed by atoms with Crippen molar-refractivity contribution < 1.29 is 9.53 Å². The van der Waals surface area contributed by atoms with Crippen LogP contribution >= 0.6 is 0 Å². The molecule has 1 aliphatic heterocycles. The molecule has 0 bridgehead atoms. The smallest absolute Gasteiger partial charge is 0.254 e. The van der Waals surface area contributed by atoms with Crippen molar-refractivity contribution in [3.63, 3.8) is 0 Å². The summed E-state index contributed by atoms with van der Waals surface area (Å²) in [5.41, 5.74) is 2.34. The Bertz CT molecular complexity index is 899. The Kier molecular flexibility index (Phi) is 3.96. The normalized spacial score (nSPS) is 18.2. The summed E-state index contributed by atoms with van der Waals surface area (Å²) in [7, 11) is 0. The topological polar surface area (TPSA) is 99.8 Å². The molecule has 0 unspecified atom stereocenters. The van der Waals surface area contributed by atoms with Crippen molar-refractivity contribution in [1.29, 1.82) is 0 Å². The minimum absolute atomic E-state index is 0.0200. The fourth-order valence-corrected chi connectivity index (χ4v) is 2.94. The standard InChI is InChI=1S/C17H20N6O2/c1-10(2)15-20-16(22-21-15)14-8-23(5-6-25-14)17(24)11-3-4-12-13(7-11)19-9-18-12/h3-4,7,9-10,14H,5-6,8H2,1-2H3,(H,18,19)(H,20,21,22)/t14-/m1/s1. The maximum absolute atomic E-state index is 12.8. The second kappa shape index (κ2) is 6.29. The number of hydrogen-bond donors (Lipinski definition) is 2. The van der Waals surface area contributed by atoms with Crippen LogP contribution in [0.3, 0.4) is 0 Å². The fourth-order valence-electron chi connectivity index (χ4n) is 2.94. The average molecular weight is 340 g/mol. The lowest BCUT2D eigenvalue weighted by atomic mass is 10.1. The molecule has 1 atom stereocenters. The zero-order valence-electron chi connectivity index (χ0n) is 14.2. The average Bonchev–Trinajstić information content (AvgIpc) is 3.30. The second-order valence-electron chi connectivity index (χ2n) is 6.48. The number of imidazole rings is 1. The summed E-state index contributed by atoms with van der Waals surface area (Å²) in [6.07, 6.45) is 1.34. The first-order valence-corrected chi connectivity index (χ1v) is 8.38. The summed E-state index contributed by atoms with van der Waals surface area (Å²) in [4.78, 5) is 26.3. The monoisotopic (exact) mass is 340 g/mol. The van der Waals surface area contributed by atoms with Gasteiger partial charge in [0.1, 0.15) is 6.10 Å². The van der Waals surface area contributed by atoms with Gasteiger partial charge in [0.2, 0.25) is 0 Å². The molecule has 2 aromatic heterocycles. The number of amides is 1. The highest BCUT2D eigenvalue weighted by atomic mass is 16.5. The van der Waals surface area contributed by atoms with Gasteiger partial charge in [-0.05, 0) is 18.2 Å². The van der Waals surface area contributed by atoms with Gasteiger partial charge in [-0.1, -0.05) is 13.8 Å². The number of carbonyl (C=O) groups excluding carboxylic acids is 1. The highest BCUT2D eigenvalue weighted by Crippen LogP contribution is 2.22. The van der Waals surface area contributed by atoms with Gasteiger partial charge in [-0.2, -0.15) is 5.10 Å². The van der Waals surface area contributed by atoms with E-state index >= 15 is 0 Å². The molecule has 4 rings (SSSR count). The van der Waals surface area contributed by atoms with E-state index in [2.05, 4.69) is 25.1 Å². The number of rotatable bonds is 3. The van der Waals surface area contributed by atoms with Crippen LogP contribution in [0.25, 0.3) is 11.0 Å². The van der Waals surface area contributed by atoms with Crippen molar-refractivity contribution in [2.24, 2.45) is 0 Å². The van der Waals surface area contributed by atoms with Crippen molar-refractivity contribution in [2.45, 2.75) is 25.9 Å². The molecule has 0 saturated carbocycles. The van der Waals surface area contributed by atoms with Crippen LogP contribution in [0.4, 0.5) is 0 Å². The summed E-state index contributed by atoms with van der Waals surface area (Å²) in [5, 5.41) is 7.16. The third-order valence-corrected chi connectivity index (χ3v) is 4.36. The van der Waals surface area contributed by atoms with E-state index in [0.717, 1.165) is 16.9 Å². The van der Waals surface area contributed by atoms with Crippen LogP contribution in [0, 0.1) is 0 Å². The van der Waals surface area contributed by atoms with Crippen molar-refractivity contribution in [3.8, 4) is 0 Å². The highest BCUT2D eigenvalue weighted by Gasteiger charge is 2.28. The van der Waals surface area contributed by atoms with Crippen molar-refractivity contribution >= 4 is 16.9 Å². The Hall–Kier alpha value is -2.74. The molecule has 1 fully saturated rings. The molecule has 3 aromatic rings. The predicted molar refractivity (Wildman–Crippen MR) is 91.2 cm³/mol. The van der Waals surface area contributed by atoms with Gasteiger partial charge in [0.25, 0.3) is 5.91 Å². The SMILES string of the molecule is CC(C)c1n[nH]c([C@H]2CN(C(=O)c3ccc4nc[nH]c4c3)CCO2)n1. The highest BCUT2D eigenvalue weighted by molar-refractivity contribution is 5.97. The number of fused-ring (bicyclic) bond motifs is 1. The second-order valence-corrected chi connectivity index (χ2v) is 6.48. The van der Waals surface area contributed by atoms with Gasteiger partial charge in [0.15, 0.2) is 11.6 Å². The number of hydrogen-bond acceptors (Lipinski definition) is 5. The van der Waals surface area contributed by atoms with Gasteiger partial charge in [0, 0.05) is 18.0 Å². The molecule has 1 aromatic carbocycles. The van der Waals surface area contributed by atoms with Crippen LogP contribution in [-0.4, -0.2) is 55.7 Å². The molecule has 3 heterocycles. The van der Waals surface area contributed by atoms with E-state index in [4.69, 9.17) is 4.74 Å². The zero-order valence-corrected chi connectivity index (χ0v) is 14.2. The summed E-state index contributed by atoms with van der Waals surface area (Å²) in [6, 6.07) is 5.49. The molecule has 0 spiro atoms. The molecule has 0 aliphatic carbocycles. The first-order chi connectivity index (χ1) is 12.1. The van der Waals surface area contributed by atoms with Gasteiger partial charge in [0.05, 0.1) is 30.5 Å². The summed E-state index contributed by atoms with van der Waals surface area (Å²) in [6.45, 7) is 5.56. The predicted octanol–water partition coefficient (Wildman–Crippen LogP) is 2.02. The molecule has 130 valence electrons. The van der Waals surface area contributed by atoms with Crippen LogP contribution in [-0.2, 0) is 4.74 Å². The number of nitrogens with one attached hydrogen (secondary N) is 2. The number of carbonyl (C=O) groups is 1. The molecule has 25 heavy (non-hydrogen) atoms. The van der Waals surface area contributed by atoms with Gasteiger partial charge >= 0.3 is 0 Å². The van der Waals surface area contributed by atoms with Gasteiger partial charge in [-0.3, -0.25) is 9.89 Å². The minimum Gasteiger partial charge on any atom is -0.367 e. The molecule has 1 aliphatic rings. The number of aromatic amines is 2. The molecule has 1 saturated heterocycles. The van der Waals surface area contributed by atoms with E-state index in [-0.39, 0.29) is 17.9 Å². The van der Waals surface area contributed by atoms with E-state index in [1.165, 1.54) is 0 Å².